The molecule has 59 valence electrons. The molecule has 0 aliphatic carbocycles. The van der Waals surface area contributed by atoms with Crippen molar-refractivity contribution >= 4 is 15.9 Å². The van der Waals surface area contributed by atoms with Gasteiger partial charge < -0.3 is 4.74 Å². The molecular weight excluding hydrogens is 220 g/mol. The van der Waals surface area contributed by atoms with Crippen LogP contribution >= 0.6 is 15.9 Å². The first-order valence-electron chi connectivity index (χ1n) is 2.67. The number of hydrogen-bond donors (Lipinski definition) is 0. The standard InChI is InChI=1S/C6H3BrF2NO/c7-4-2-1-3-10-5(4)11-6(8)9/h1-2,6H. The quantitative estimate of drug-likeness (QED) is 0.766. The third-order valence-electron chi connectivity index (χ3n) is 0.875. The first-order valence-corrected chi connectivity index (χ1v) is 3.47. The van der Waals surface area contributed by atoms with Crippen molar-refractivity contribution in [2.75, 3.05) is 0 Å². The van der Waals surface area contributed by atoms with E-state index in [0.29, 0.717) is 4.47 Å². The molecule has 0 aliphatic rings. The highest BCUT2D eigenvalue weighted by molar-refractivity contribution is 9.10. The average Bonchev–Trinajstić information content (AvgIpc) is 1.93. The fourth-order valence-electron chi connectivity index (χ4n) is 0.498. The average molecular weight is 223 g/mol. The zero-order valence-electron chi connectivity index (χ0n) is 5.22. The van der Waals surface area contributed by atoms with Crippen LogP contribution in [0.1, 0.15) is 0 Å². The Morgan fingerprint density at radius 1 is 1.64 bits per heavy atom. The molecule has 1 rings (SSSR count). The van der Waals surface area contributed by atoms with Crippen molar-refractivity contribution in [3.63, 3.8) is 0 Å². The Hall–Kier alpha value is -0.710. The molecule has 0 spiro atoms. The van der Waals surface area contributed by atoms with E-state index >= 15 is 0 Å². The number of pyridine rings is 1. The first kappa shape index (κ1) is 8.39. The van der Waals surface area contributed by atoms with Gasteiger partial charge >= 0.3 is 6.61 Å². The molecule has 0 saturated heterocycles. The van der Waals surface area contributed by atoms with E-state index in [1.54, 1.807) is 0 Å². The summed E-state index contributed by atoms with van der Waals surface area (Å²) in [5.74, 6) is -0.150. The van der Waals surface area contributed by atoms with Crippen molar-refractivity contribution in [1.29, 1.82) is 0 Å². The Labute approximate surface area is 70.3 Å². The van der Waals surface area contributed by atoms with Crippen LogP contribution < -0.4 is 4.74 Å². The van der Waals surface area contributed by atoms with E-state index in [9.17, 15) is 8.78 Å². The maximum absolute atomic E-state index is 11.6. The number of nitrogens with zero attached hydrogens (tertiary/aromatic N) is 1. The molecule has 5 heteroatoms. The minimum Gasteiger partial charge on any atom is -0.416 e. The first-order chi connectivity index (χ1) is 5.20. The van der Waals surface area contributed by atoms with E-state index in [1.165, 1.54) is 12.1 Å². The molecule has 0 atom stereocenters. The molecule has 11 heavy (non-hydrogen) atoms. The highest BCUT2D eigenvalue weighted by Gasteiger charge is 2.07. The van der Waals surface area contributed by atoms with Gasteiger partial charge in [0.05, 0.1) is 10.7 Å². The molecule has 0 fully saturated rings. The summed E-state index contributed by atoms with van der Waals surface area (Å²) in [5.41, 5.74) is 0. The van der Waals surface area contributed by atoms with Crippen LogP contribution in [0.15, 0.2) is 16.6 Å². The Bertz CT molecular complexity index is 244. The van der Waals surface area contributed by atoms with Gasteiger partial charge in [-0.2, -0.15) is 8.78 Å². The Morgan fingerprint density at radius 2 is 2.36 bits per heavy atom. The van der Waals surface area contributed by atoms with E-state index in [4.69, 9.17) is 0 Å². The molecule has 2 nitrogen and oxygen atoms in total. The van der Waals surface area contributed by atoms with E-state index in [-0.39, 0.29) is 5.88 Å². The zero-order chi connectivity index (χ0) is 8.27. The largest absolute Gasteiger partial charge is 0.416 e. The van der Waals surface area contributed by atoms with Crippen LogP contribution in [-0.2, 0) is 0 Å². The van der Waals surface area contributed by atoms with Crippen LogP contribution in [0.3, 0.4) is 0 Å². The maximum Gasteiger partial charge on any atom is 0.388 e. The van der Waals surface area contributed by atoms with Gasteiger partial charge in [-0.1, -0.05) is 0 Å². The lowest BCUT2D eigenvalue weighted by Crippen LogP contribution is -2.03. The predicted octanol–water partition coefficient (Wildman–Crippen LogP) is 2.25. The SMILES string of the molecule is FC(F)Oc1n[c]ccc1Br. The summed E-state index contributed by atoms with van der Waals surface area (Å²) < 4.78 is 27.6. The van der Waals surface area contributed by atoms with Gasteiger partial charge in [0.15, 0.2) is 0 Å². The second-order valence-electron chi connectivity index (χ2n) is 1.61. The smallest absolute Gasteiger partial charge is 0.388 e. The summed E-state index contributed by atoms with van der Waals surface area (Å²) in [4.78, 5) is 3.44. The lowest BCUT2D eigenvalue weighted by molar-refractivity contribution is -0.0534. The number of hydrogen-bond acceptors (Lipinski definition) is 2. The molecule has 0 unspecified atom stereocenters. The Morgan fingerprint density at radius 3 is 2.91 bits per heavy atom. The van der Waals surface area contributed by atoms with E-state index in [1.807, 2.05) is 0 Å². The molecular formula is C6H3BrF2NO. The molecule has 1 aromatic rings. The summed E-state index contributed by atoms with van der Waals surface area (Å²) >= 11 is 2.98. The molecule has 1 aromatic heterocycles. The van der Waals surface area contributed by atoms with Crippen molar-refractivity contribution in [3.05, 3.63) is 22.8 Å². The lowest BCUT2D eigenvalue weighted by Gasteiger charge is -2.02. The van der Waals surface area contributed by atoms with E-state index < -0.39 is 6.61 Å². The molecule has 0 saturated carbocycles. The number of aromatic nitrogens is 1. The van der Waals surface area contributed by atoms with Crippen LogP contribution in [0.5, 0.6) is 5.88 Å². The third-order valence-corrected chi connectivity index (χ3v) is 1.48. The minimum absolute atomic E-state index is 0.150. The molecule has 0 aliphatic heterocycles. The van der Waals surface area contributed by atoms with E-state index in [0.717, 1.165) is 0 Å². The lowest BCUT2D eigenvalue weighted by atomic mass is 10.5. The van der Waals surface area contributed by atoms with Gasteiger partial charge in [-0.05, 0) is 28.1 Å². The summed E-state index contributed by atoms with van der Waals surface area (Å²) in [6.45, 7) is -2.85. The van der Waals surface area contributed by atoms with Gasteiger partial charge in [0, 0.05) is 0 Å². The topological polar surface area (TPSA) is 22.1 Å². The van der Waals surface area contributed by atoms with Gasteiger partial charge in [-0.15, -0.1) is 0 Å². The second-order valence-corrected chi connectivity index (χ2v) is 2.46. The van der Waals surface area contributed by atoms with Crippen molar-refractivity contribution in [3.8, 4) is 5.88 Å². The van der Waals surface area contributed by atoms with Gasteiger partial charge in [-0.25, -0.2) is 4.98 Å². The molecule has 0 bridgehead atoms. The van der Waals surface area contributed by atoms with Crippen molar-refractivity contribution in [2.45, 2.75) is 6.61 Å². The number of ether oxygens (including phenoxy) is 1. The van der Waals surface area contributed by atoms with Gasteiger partial charge in [0.25, 0.3) is 0 Å². The Balaban J connectivity index is 2.78. The van der Waals surface area contributed by atoms with Crippen LogP contribution in [0.25, 0.3) is 0 Å². The molecule has 0 amide bonds. The highest BCUT2D eigenvalue weighted by Crippen LogP contribution is 2.21. The van der Waals surface area contributed by atoms with Crippen LogP contribution in [0.4, 0.5) is 8.78 Å². The third kappa shape index (κ3) is 2.42. The molecule has 1 radical (unpaired) electrons. The fourth-order valence-corrected chi connectivity index (χ4v) is 0.812. The number of rotatable bonds is 2. The molecule has 0 N–H and O–H groups in total. The number of halogens is 3. The van der Waals surface area contributed by atoms with Crippen molar-refractivity contribution in [1.82, 2.24) is 4.98 Å². The predicted molar refractivity (Wildman–Crippen MR) is 37.4 cm³/mol. The summed E-state index contributed by atoms with van der Waals surface area (Å²) in [6.07, 6.45) is 2.37. The maximum atomic E-state index is 11.6. The van der Waals surface area contributed by atoms with Gasteiger partial charge in [0.1, 0.15) is 0 Å². The highest BCUT2D eigenvalue weighted by atomic mass is 79.9. The second kappa shape index (κ2) is 3.61. The molecule has 0 aromatic carbocycles. The monoisotopic (exact) mass is 222 g/mol. The van der Waals surface area contributed by atoms with Crippen LogP contribution in [-0.4, -0.2) is 11.6 Å². The van der Waals surface area contributed by atoms with Crippen LogP contribution in [0.2, 0.25) is 0 Å². The Kier molecular flexibility index (Phi) is 2.76. The minimum atomic E-state index is -2.85. The fraction of sp³-hybridized carbons (Fsp3) is 0.167. The van der Waals surface area contributed by atoms with Crippen LogP contribution in [0, 0.1) is 6.20 Å². The zero-order valence-corrected chi connectivity index (χ0v) is 6.81. The summed E-state index contributed by atoms with van der Waals surface area (Å²) in [5, 5.41) is 0. The van der Waals surface area contributed by atoms with Crippen molar-refractivity contribution < 1.29 is 13.5 Å². The van der Waals surface area contributed by atoms with Crippen molar-refractivity contribution in [2.24, 2.45) is 0 Å². The van der Waals surface area contributed by atoms with Gasteiger partial charge in [0.2, 0.25) is 5.88 Å². The number of alkyl halides is 2. The van der Waals surface area contributed by atoms with E-state index in [2.05, 4.69) is 31.8 Å². The molecule has 1 heterocycles. The normalized spacial score (nSPS) is 10.2. The summed E-state index contributed by atoms with van der Waals surface area (Å²) in [7, 11) is 0. The summed E-state index contributed by atoms with van der Waals surface area (Å²) in [6, 6.07) is 3.01. The van der Waals surface area contributed by atoms with Gasteiger partial charge in [-0.3, -0.25) is 0 Å².